The molecule has 20 heavy (non-hydrogen) atoms. The summed E-state index contributed by atoms with van der Waals surface area (Å²) in [6, 6.07) is 0. The summed E-state index contributed by atoms with van der Waals surface area (Å²) >= 11 is 0. The van der Waals surface area contributed by atoms with Crippen molar-refractivity contribution in [1.29, 1.82) is 0 Å². The average molecular weight is 272 g/mol. The molecule has 0 spiro atoms. The van der Waals surface area contributed by atoms with E-state index in [-0.39, 0.29) is 0 Å². The van der Waals surface area contributed by atoms with Crippen molar-refractivity contribution in [2.45, 2.75) is 96.0 Å². The average Bonchev–Trinajstić information content (AvgIpc) is 2.70. The van der Waals surface area contributed by atoms with Gasteiger partial charge in [-0.05, 0) is 29.6 Å². The van der Waals surface area contributed by atoms with E-state index in [4.69, 9.17) is 0 Å². The molecule has 5 fully saturated rings. The zero-order valence-corrected chi connectivity index (χ0v) is 13.9. The van der Waals surface area contributed by atoms with Crippen LogP contribution in [0.5, 0.6) is 0 Å². The van der Waals surface area contributed by atoms with Crippen LogP contribution < -0.4 is 0 Å². The molecule has 5 aliphatic rings. The Kier molecular flexibility index (Phi) is 3.28. The zero-order valence-electron chi connectivity index (χ0n) is 13.9. The summed E-state index contributed by atoms with van der Waals surface area (Å²) in [7, 11) is 0. The smallest absolute Gasteiger partial charge is 0.0651 e. The Hall–Kier alpha value is 0.0649. The molecule has 0 aromatic rings. The van der Waals surface area contributed by atoms with E-state index in [1.165, 1.54) is 6.42 Å². The molecule has 0 nitrogen and oxygen atoms in total. The van der Waals surface area contributed by atoms with Crippen LogP contribution in [-0.2, 0) is 0 Å². The Labute approximate surface area is 126 Å². The molecule has 3 aliphatic carbocycles. The maximum atomic E-state index is 2.58. The fourth-order valence-electron chi connectivity index (χ4n) is 7.40. The highest BCUT2D eigenvalue weighted by Gasteiger charge is 2.60. The summed E-state index contributed by atoms with van der Waals surface area (Å²) in [6.07, 6.45) is 14.0. The molecule has 0 aromatic heterocycles. The van der Waals surface area contributed by atoms with Gasteiger partial charge in [0.15, 0.2) is 0 Å². The third-order valence-corrected chi connectivity index (χ3v) is 8.53. The molecule has 2 aliphatic heterocycles. The Balaban J connectivity index is 1.59. The number of hydrogen-bond donors (Lipinski definition) is 0. The van der Waals surface area contributed by atoms with Gasteiger partial charge < -0.3 is 0 Å². The molecule has 2 heterocycles. The van der Waals surface area contributed by atoms with Crippen LogP contribution >= 0.6 is 0 Å². The quantitative estimate of drug-likeness (QED) is 0.536. The first-order valence-corrected chi connectivity index (χ1v) is 9.63. The maximum absolute atomic E-state index is 2.58. The van der Waals surface area contributed by atoms with Gasteiger partial charge in [0.2, 0.25) is 0 Å². The van der Waals surface area contributed by atoms with Gasteiger partial charge in [0.05, 0.1) is 0 Å². The van der Waals surface area contributed by atoms with Gasteiger partial charge in [0.1, 0.15) is 6.71 Å². The standard InChI is InChI=1S/C19H33B/c1-4-16-17-11-13(19(17,2)3)12-18(16)20-14-7-5-6-8-15(20)10-9-14/h13-18H,4-12H2,1-3H3/t13-,14-,15+,16?,17+,18+/m0/s1. The van der Waals surface area contributed by atoms with Gasteiger partial charge in [0.25, 0.3) is 0 Å². The number of fused-ring (bicyclic) bond motifs is 5. The lowest BCUT2D eigenvalue weighted by molar-refractivity contribution is -0.106. The van der Waals surface area contributed by atoms with Crippen molar-refractivity contribution in [3.8, 4) is 0 Å². The highest BCUT2D eigenvalue weighted by molar-refractivity contribution is 6.64. The highest BCUT2D eigenvalue weighted by atomic mass is 14.6. The van der Waals surface area contributed by atoms with E-state index >= 15 is 0 Å². The SMILES string of the molecule is CCC1[C@H]2C[C@@H](C[C@H]1B1[C@@H]3CCCC[C@H]1CC3)C2(C)C. The van der Waals surface area contributed by atoms with E-state index in [0.29, 0.717) is 5.41 Å². The summed E-state index contributed by atoms with van der Waals surface area (Å²) in [6.45, 7) is 8.79. The van der Waals surface area contributed by atoms with Crippen LogP contribution in [0.1, 0.15) is 78.6 Å². The molecule has 5 rings (SSSR count). The molecule has 0 radical (unpaired) electrons. The molecule has 0 N–H and O–H groups in total. The number of rotatable bonds is 2. The molecule has 0 amide bonds. The second-order valence-corrected chi connectivity index (χ2v) is 9.29. The molecule has 112 valence electrons. The van der Waals surface area contributed by atoms with Crippen LogP contribution in [-0.4, -0.2) is 6.71 Å². The molecule has 1 heteroatoms. The predicted molar refractivity (Wildman–Crippen MR) is 88.5 cm³/mol. The van der Waals surface area contributed by atoms with E-state index in [2.05, 4.69) is 20.8 Å². The van der Waals surface area contributed by atoms with E-state index in [1.54, 1.807) is 51.4 Å². The van der Waals surface area contributed by atoms with Crippen LogP contribution in [0.2, 0.25) is 17.5 Å². The van der Waals surface area contributed by atoms with Crippen molar-refractivity contribution in [2.24, 2.45) is 23.2 Å². The predicted octanol–water partition coefficient (Wildman–Crippen LogP) is 6.05. The lowest BCUT2D eigenvalue weighted by atomic mass is 9.23. The van der Waals surface area contributed by atoms with E-state index in [9.17, 15) is 0 Å². The van der Waals surface area contributed by atoms with Gasteiger partial charge in [-0.3, -0.25) is 0 Å². The Morgan fingerprint density at radius 1 is 0.950 bits per heavy atom. The van der Waals surface area contributed by atoms with Crippen LogP contribution in [0.25, 0.3) is 0 Å². The fourth-order valence-corrected chi connectivity index (χ4v) is 7.40. The lowest BCUT2D eigenvalue weighted by Crippen LogP contribution is -2.56. The van der Waals surface area contributed by atoms with Gasteiger partial charge in [0, 0.05) is 0 Å². The van der Waals surface area contributed by atoms with Gasteiger partial charge in [-0.1, -0.05) is 89.6 Å². The van der Waals surface area contributed by atoms with Crippen LogP contribution in [0, 0.1) is 23.2 Å². The Morgan fingerprint density at radius 3 is 2.15 bits per heavy atom. The van der Waals surface area contributed by atoms with Crippen molar-refractivity contribution in [3.63, 3.8) is 0 Å². The summed E-state index contributed by atoms with van der Waals surface area (Å²) in [5.41, 5.74) is 0.682. The topological polar surface area (TPSA) is 0 Å². The molecule has 2 saturated heterocycles. The molecule has 4 bridgehead atoms. The largest absolute Gasteiger partial charge is 0.149 e. The van der Waals surface area contributed by atoms with E-state index in [0.717, 1.165) is 41.9 Å². The van der Waals surface area contributed by atoms with Crippen molar-refractivity contribution in [3.05, 3.63) is 0 Å². The minimum atomic E-state index is 0.682. The van der Waals surface area contributed by atoms with Gasteiger partial charge in [-0.2, -0.15) is 0 Å². The zero-order chi connectivity index (χ0) is 13.9. The second-order valence-electron chi connectivity index (χ2n) is 9.29. The van der Waals surface area contributed by atoms with Gasteiger partial charge in [-0.25, -0.2) is 0 Å². The van der Waals surface area contributed by atoms with Crippen LogP contribution in [0.15, 0.2) is 0 Å². The number of hydrogen-bond acceptors (Lipinski definition) is 0. The summed E-state index contributed by atoms with van der Waals surface area (Å²) < 4.78 is 0. The third kappa shape index (κ3) is 1.80. The lowest BCUT2D eigenvalue weighted by Gasteiger charge is -2.64. The highest BCUT2D eigenvalue weighted by Crippen LogP contribution is 2.68. The summed E-state index contributed by atoms with van der Waals surface area (Å²) in [4.78, 5) is 0. The van der Waals surface area contributed by atoms with Crippen molar-refractivity contribution < 1.29 is 0 Å². The Bertz CT molecular complexity index is 360. The minimum Gasteiger partial charge on any atom is -0.0651 e. The first-order valence-electron chi connectivity index (χ1n) is 9.63. The third-order valence-electron chi connectivity index (χ3n) is 8.53. The van der Waals surface area contributed by atoms with Crippen LogP contribution in [0.4, 0.5) is 0 Å². The molecular formula is C19H33B. The molecule has 6 atom stereocenters. The van der Waals surface area contributed by atoms with E-state index in [1.807, 2.05) is 0 Å². The van der Waals surface area contributed by atoms with Gasteiger partial charge in [-0.15, -0.1) is 0 Å². The van der Waals surface area contributed by atoms with Crippen LogP contribution in [0.3, 0.4) is 0 Å². The normalized spacial score (nSPS) is 49.6. The summed E-state index contributed by atoms with van der Waals surface area (Å²) in [5, 5.41) is 0. The first kappa shape index (κ1) is 13.7. The molecule has 1 unspecified atom stereocenters. The fraction of sp³-hybridized carbons (Fsp3) is 1.00. The van der Waals surface area contributed by atoms with Crippen molar-refractivity contribution >= 4 is 6.71 Å². The molecule has 3 saturated carbocycles. The van der Waals surface area contributed by atoms with Gasteiger partial charge >= 0.3 is 0 Å². The molecule has 0 aromatic carbocycles. The first-order chi connectivity index (χ1) is 9.63. The second kappa shape index (κ2) is 4.78. The maximum Gasteiger partial charge on any atom is 0.149 e. The monoisotopic (exact) mass is 272 g/mol. The van der Waals surface area contributed by atoms with E-state index < -0.39 is 0 Å². The Morgan fingerprint density at radius 2 is 1.60 bits per heavy atom. The minimum absolute atomic E-state index is 0.682. The molecular weight excluding hydrogens is 239 g/mol. The van der Waals surface area contributed by atoms with Crippen molar-refractivity contribution in [1.82, 2.24) is 0 Å². The van der Waals surface area contributed by atoms with Crippen molar-refractivity contribution in [2.75, 3.05) is 0 Å². The summed E-state index contributed by atoms with van der Waals surface area (Å²) in [5.74, 6) is 6.58.